The van der Waals surface area contributed by atoms with Gasteiger partial charge in [-0.25, -0.2) is 0 Å². The molecule has 0 unspecified atom stereocenters. The van der Waals surface area contributed by atoms with E-state index in [0.717, 1.165) is 5.11 Å². The minimum absolute atomic E-state index is 0.487. The summed E-state index contributed by atoms with van der Waals surface area (Å²) in [5, 5.41) is 7.74. The zero-order chi connectivity index (χ0) is 15.4. The Labute approximate surface area is 134 Å². The molecule has 3 heteroatoms. The SMILES string of the molecule is CC(C)c1cccc(C(C)C)c1NC(=S)NC1CCCC1. The lowest BCUT2D eigenvalue weighted by Crippen LogP contribution is -2.36. The zero-order valence-electron chi connectivity index (χ0n) is 13.7. The fourth-order valence-corrected chi connectivity index (χ4v) is 3.37. The number of nitrogens with one attached hydrogen (secondary N) is 2. The second-order valence-electron chi connectivity index (χ2n) is 6.70. The highest BCUT2D eigenvalue weighted by molar-refractivity contribution is 7.80. The second kappa shape index (κ2) is 7.26. The molecule has 0 atom stereocenters. The van der Waals surface area contributed by atoms with E-state index in [4.69, 9.17) is 12.2 Å². The highest BCUT2D eigenvalue weighted by Gasteiger charge is 2.18. The van der Waals surface area contributed by atoms with Crippen LogP contribution in [-0.4, -0.2) is 11.2 Å². The minimum atomic E-state index is 0.487. The minimum Gasteiger partial charge on any atom is -0.360 e. The zero-order valence-corrected chi connectivity index (χ0v) is 14.5. The van der Waals surface area contributed by atoms with Crippen molar-refractivity contribution in [3.8, 4) is 0 Å². The Morgan fingerprint density at radius 3 is 2.05 bits per heavy atom. The van der Waals surface area contributed by atoms with Crippen LogP contribution in [0.3, 0.4) is 0 Å². The molecule has 1 aromatic carbocycles. The molecule has 1 aromatic rings. The van der Waals surface area contributed by atoms with Crippen molar-refractivity contribution in [3.05, 3.63) is 29.3 Å². The van der Waals surface area contributed by atoms with Crippen LogP contribution in [0.25, 0.3) is 0 Å². The smallest absolute Gasteiger partial charge is 0.171 e. The lowest BCUT2D eigenvalue weighted by atomic mass is 9.93. The second-order valence-corrected chi connectivity index (χ2v) is 7.11. The fourth-order valence-electron chi connectivity index (χ4n) is 3.10. The molecule has 1 fully saturated rings. The van der Waals surface area contributed by atoms with Crippen LogP contribution in [0.4, 0.5) is 5.69 Å². The van der Waals surface area contributed by atoms with E-state index in [-0.39, 0.29) is 0 Å². The van der Waals surface area contributed by atoms with E-state index >= 15 is 0 Å². The third-order valence-electron chi connectivity index (χ3n) is 4.30. The maximum absolute atomic E-state index is 5.54. The molecule has 1 aliphatic carbocycles. The Bertz CT molecular complexity index is 462. The lowest BCUT2D eigenvalue weighted by Gasteiger charge is -2.23. The van der Waals surface area contributed by atoms with Gasteiger partial charge in [0, 0.05) is 11.7 Å². The van der Waals surface area contributed by atoms with Crippen LogP contribution < -0.4 is 10.6 Å². The van der Waals surface area contributed by atoms with Gasteiger partial charge in [0.15, 0.2) is 5.11 Å². The molecule has 21 heavy (non-hydrogen) atoms. The molecular formula is C18H28N2S. The van der Waals surface area contributed by atoms with Crippen molar-refractivity contribution in [2.45, 2.75) is 71.3 Å². The Kier molecular flexibility index (Phi) is 5.63. The summed E-state index contributed by atoms with van der Waals surface area (Å²) < 4.78 is 0. The van der Waals surface area contributed by atoms with Crippen LogP contribution in [0, 0.1) is 0 Å². The monoisotopic (exact) mass is 304 g/mol. The average Bonchev–Trinajstić information content (AvgIpc) is 2.91. The van der Waals surface area contributed by atoms with Gasteiger partial charge in [0.25, 0.3) is 0 Å². The van der Waals surface area contributed by atoms with Crippen molar-refractivity contribution < 1.29 is 0 Å². The molecule has 0 saturated heterocycles. The first-order valence-corrected chi connectivity index (χ1v) is 8.60. The quantitative estimate of drug-likeness (QED) is 0.751. The van der Waals surface area contributed by atoms with Crippen LogP contribution in [0.2, 0.25) is 0 Å². The van der Waals surface area contributed by atoms with Crippen molar-refractivity contribution in [1.82, 2.24) is 5.32 Å². The van der Waals surface area contributed by atoms with Crippen molar-refractivity contribution in [1.29, 1.82) is 0 Å². The summed E-state index contributed by atoms with van der Waals surface area (Å²) in [6, 6.07) is 7.12. The third-order valence-corrected chi connectivity index (χ3v) is 4.52. The Balaban J connectivity index is 2.18. The molecule has 2 rings (SSSR count). The molecule has 1 saturated carbocycles. The van der Waals surface area contributed by atoms with Crippen LogP contribution in [0.5, 0.6) is 0 Å². The highest BCUT2D eigenvalue weighted by atomic mass is 32.1. The van der Waals surface area contributed by atoms with Crippen LogP contribution in [0.15, 0.2) is 18.2 Å². The molecule has 0 amide bonds. The van der Waals surface area contributed by atoms with Crippen molar-refractivity contribution in [2.75, 3.05) is 5.32 Å². The van der Waals surface area contributed by atoms with Gasteiger partial charge in [0.1, 0.15) is 0 Å². The summed E-state index contributed by atoms with van der Waals surface area (Å²) in [5.74, 6) is 0.973. The van der Waals surface area contributed by atoms with E-state index in [2.05, 4.69) is 56.5 Å². The number of thiocarbonyl (C=S) groups is 1. The molecule has 116 valence electrons. The first-order valence-electron chi connectivity index (χ1n) is 8.19. The summed E-state index contributed by atoms with van der Waals surface area (Å²) in [7, 11) is 0. The van der Waals surface area contributed by atoms with Gasteiger partial charge in [-0.3, -0.25) is 0 Å². The van der Waals surface area contributed by atoms with Gasteiger partial charge in [-0.1, -0.05) is 58.7 Å². The van der Waals surface area contributed by atoms with Gasteiger partial charge < -0.3 is 10.6 Å². The standard InChI is InChI=1S/C18H28N2S/c1-12(2)15-10-7-11-16(13(3)4)17(15)20-18(21)19-14-8-5-6-9-14/h7,10-14H,5-6,8-9H2,1-4H3,(H2,19,20,21). The fraction of sp³-hybridized carbons (Fsp3) is 0.611. The maximum Gasteiger partial charge on any atom is 0.171 e. The summed E-state index contributed by atoms with van der Waals surface area (Å²) in [6.07, 6.45) is 5.12. The van der Waals surface area contributed by atoms with Gasteiger partial charge >= 0.3 is 0 Å². The van der Waals surface area contributed by atoms with Gasteiger partial charge in [0.05, 0.1) is 0 Å². The molecule has 2 nitrogen and oxygen atoms in total. The molecule has 0 aliphatic heterocycles. The van der Waals surface area contributed by atoms with E-state index in [0.29, 0.717) is 17.9 Å². The van der Waals surface area contributed by atoms with E-state index in [9.17, 15) is 0 Å². The van der Waals surface area contributed by atoms with Gasteiger partial charge in [-0.05, 0) is 48.0 Å². The van der Waals surface area contributed by atoms with E-state index in [1.807, 2.05) is 0 Å². The summed E-state index contributed by atoms with van der Waals surface area (Å²) >= 11 is 5.54. The van der Waals surface area contributed by atoms with Crippen molar-refractivity contribution in [2.24, 2.45) is 0 Å². The summed E-state index contributed by atoms with van der Waals surface area (Å²) in [4.78, 5) is 0. The number of hydrogen-bond acceptors (Lipinski definition) is 1. The maximum atomic E-state index is 5.54. The number of para-hydroxylation sites is 1. The number of anilines is 1. The average molecular weight is 305 g/mol. The predicted octanol–water partition coefficient (Wildman–Crippen LogP) is 5.16. The molecule has 0 radical (unpaired) electrons. The predicted molar refractivity (Wildman–Crippen MR) is 96.2 cm³/mol. The number of rotatable bonds is 4. The first-order chi connectivity index (χ1) is 9.99. The largest absolute Gasteiger partial charge is 0.360 e. The van der Waals surface area contributed by atoms with E-state index < -0.39 is 0 Å². The summed E-state index contributed by atoms with van der Waals surface area (Å²) in [5.41, 5.74) is 3.89. The molecule has 0 bridgehead atoms. The topological polar surface area (TPSA) is 24.1 Å². The third kappa shape index (κ3) is 4.19. The normalized spacial score (nSPS) is 15.7. The highest BCUT2D eigenvalue weighted by Crippen LogP contribution is 2.32. The molecule has 1 aliphatic rings. The Morgan fingerprint density at radius 2 is 1.57 bits per heavy atom. The molecule has 2 N–H and O–H groups in total. The lowest BCUT2D eigenvalue weighted by molar-refractivity contribution is 0.634. The number of benzene rings is 1. The molecule has 0 aromatic heterocycles. The van der Waals surface area contributed by atoms with Gasteiger partial charge in [-0.2, -0.15) is 0 Å². The van der Waals surface area contributed by atoms with Crippen molar-refractivity contribution in [3.63, 3.8) is 0 Å². The van der Waals surface area contributed by atoms with Crippen LogP contribution in [0.1, 0.15) is 76.3 Å². The molecule has 0 spiro atoms. The Hall–Kier alpha value is -1.09. The van der Waals surface area contributed by atoms with Crippen molar-refractivity contribution >= 4 is 23.0 Å². The molecule has 0 heterocycles. The first kappa shape index (κ1) is 16.3. The van der Waals surface area contributed by atoms with Crippen LogP contribution in [-0.2, 0) is 0 Å². The Morgan fingerprint density at radius 1 is 1.05 bits per heavy atom. The summed E-state index contributed by atoms with van der Waals surface area (Å²) in [6.45, 7) is 8.94. The van der Waals surface area contributed by atoms with Gasteiger partial charge in [0.2, 0.25) is 0 Å². The van der Waals surface area contributed by atoms with Gasteiger partial charge in [-0.15, -0.1) is 0 Å². The van der Waals surface area contributed by atoms with E-state index in [1.165, 1.54) is 42.5 Å². The number of hydrogen-bond donors (Lipinski definition) is 2. The van der Waals surface area contributed by atoms with Crippen LogP contribution >= 0.6 is 12.2 Å². The van der Waals surface area contributed by atoms with E-state index in [1.54, 1.807) is 0 Å². The molecular weight excluding hydrogens is 276 g/mol.